The van der Waals surface area contributed by atoms with Crippen LogP contribution < -0.4 is 5.32 Å². The van der Waals surface area contributed by atoms with Crippen molar-refractivity contribution >= 4 is 11.9 Å². The lowest BCUT2D eigenvalue weighted by molar-refractivity contribution is -0.140. The maximum atomic E-state index is 12.5. The molecule has 2 aromatic rings. The predicted octanol–water partition coefficient (Wildman–Crippen LogP) is 2.75. The molecule has 0 radical (unpaired) electrons. The smallest absolute Gasteiger partial charge is 0.329 e. The molecule has 1 heterocycles. The van der Waals surface area contributed by atoms with Gasteiger partial charge < -0.3 is 15.0 Å². The third-order valence-electron chi connectivity index (χ3n) is 4.45. The molecular formula is C18H20N2O3. The fourth-order valence-electron chi connectivity index (χ4n) is 2.96. The molecule has 5 nitrogen and oxygen atoms in total. The summed E-state index contributed by atoms with van der Waals surface area (Å²) in [6, 6.07) is 9.86. The molecule has 0 atom stereocenters. The van der Waals surface area contributed by atoms with Crippen molar-refractivity contribution in [2.75, 3.05) is 0 Å². The lowest BCUT2D eigenvalue weighted by Crippen LogP contribution is -2.43. The number of hydrogen-bond donors (Lipinski definition) is 2. The molecule has 2 N–H and O–H groups in total. The van der Waals surface area contributed by atoms with Crippen LogP contribution >= 0.6 is 0 Å². The number of nitrogens with zero attached hydrogens (tertiary/aromatic N) is 1. The molecule has 23 heavy (non-hydrogen) atoms. The first-order chi connectivity index (χ1) is 10.8. The Kier molecular flexibility index (Phi) is 3.51. The maximum absolute atomic E-state index is 12.5. The number of carbonyl (C=O) groups is 2. The van der Waals surface area contributed by atoms with Crippen molar-refractivity contribution in [3.05, 3.63) is 52.8 Å². The standard InChI is InChI=1S/C18H20N2O3/c1-11-5-4-6-14(9-11)20-12(2)10-15(13(20)3)16(21)19-18(7-8-18)17(22)23/h4-6,9-10H,7-8H2,1-3H3,(H,19,21)(H,22,23). The fourth-order valence-corrected chi connectivity index (χ4v) is 2.96. The summed E-state index contributed by atoms with van der Waals surface area (Å²) >= 11 is 0. The van der Waals surface area contributed by atoms with E-state index in [1.165, 1.54) is 0 Å². The molecule has 1 amide bonds. The van der Waals surface area contributed by atoms with Crippen molar-refractivity contribution < 1.29 is 14.7 Å². The van der Waals surface area contributed by atoms with E-state index in [9.17, 15) is 14.7 Å². The zero-order valence-corrected chi connectivity index (χ0v) is 13.5. The Bertz CT molecular complexity index is 801. The SMILES string of the molecule is Cc1cccc(-n2c(C)cc(C(=O)NC3(C(=O)O)CC3)c2C)c1. The van der Waals surface area contributed by atoms with Crippen LogP contribution in [0.25, 0.3) is 5.69 Å². The van der Waals surface area contributed by atoms with Gasteiger partial charge >= 0.3 is 5.97 Å². The lowest BCUT2D eigenvalue weighted by atomic mass is 10.2. The topological polar surface area (TPSA) is 71.3 Å². The quantitative estimate of drug-likeness (QED) is 0.912. The first-order valence-corrected chi connectivity index (χ1v) is 7.66. The molecule has 1 fully saturated rings. The van der Waals surface area contributed by atoms with Crippen LogP contribution in [0.5, 0.6) is 0 Å². The molecule has 0 aliphatic heterocycles. The molecule has 1 aromatic carbocycles. The second-order valence-corrected chi connectivity index (χ2v) is 6.30. The van der Waals surface area contributed by atoms with E-state index in [4.69, 9.17) is 0 Å². The Labute approximate surface area is 134 Å². The average molecular weight is 312 g/mol. The van der Waals surface area contributed by atoms with Gasteiger partial charge in [-0.1, -0.05) is 12.1 Å². The summed E-state index contributed by atoms with van der Waals surface area (Å²) in [5.74, 6) is -1.28. The van der Waals surface area contributed by atoms with Gasteiger partial charge in [0, 0.05) is 17.1 Å². The predicted molar refractivity (Wildman–Crippen MR) is 87.0 cm³/mol. The number of aryl methyl sites for hydroxylation is 2. The van der Waals surface area contributed by atoms with Crippen molar-refractivity contribution in [3.63, 3.8) is 0 Å². The van der Waals surface area contributed by atoms with Crippen LogP contribution in [0.1, 0.15) is 40.2 Å². The van der Waals surface area contributed by atoms with Crippen LogP contribution in [0.2, 0.25) is 0 Å². The summed E-state index contributed by atoms with van der Waals surface area (Å²) in [6.07, 6.45) is 0.982. The number of aliphatic carboxylic acids is 1. The summed E-state index contributed by atoms with van der Waals surface area (Å²) in [7, 11) is 0. The van der Waals surface area contributed by atoms with Gasteiger partial charge in [0.15, 0.2) is 0 Å². The second kappa shape index (κ2) is 5.26. The highest BCUT2D eigenvalue weighted by Crippen LogP contribution is 2.36. The number of carboxylic acid groups (broad SMARTS) is 1. The number of rotatable bonds is 4. The summed E-state index contributed by atoms with van der Waals surface area (Å²) < 4.78 is 2.02. The van der Waals surface area contributed by atoms with Crippen molar-refractivity contribution in [1.82, 2.24) is 9.88 Å². The minimum Gasteiger partial charge on any atom is -0.480 e. The Hall–Kier alpha value is -2.56. The van der Waals surface area contributed by atoms with Gasteiger partial charge in [-0.25, -0.2) is 4.79 Å². The molecule has 1 saturated carbocycles. The highest BCUT2D eigenvalue weighted by molar-refractivity contribution is 6.00. The van der Waals surface area contributed by atoms with Crippen molar-refractivity contribution in [1.29, 1.82) is 0 Å². The van der Waals surface area contributed by atoms with Crippen LogP contribution in [-0.2, 0) is 4.79 Å². The molecule has 0 saturated heterocycles. The minimum absolute atomic E-state index is 0.322. The van der Waals surface area contributed by atoms with E-state index in [0.29, 0.717) is 18.4 Å². The average Bonchev–Trinajstić information content (AvgIpc) is 3.19. The molecule has 0 bridgehead atoms. The Morgan fingerprint density at radius 1 is 1.17 bits per heavy atom. The second-order valence-electron chi connectivity index (χ2n) is 6.30. The highest BCUT2D eigenvalue weighted by Gasteiger charge is 2.51. The van der Waals surface area contributed by atoms with Gasteiger partial charge in [0.25, 0.3) is 5.91 Å². The van der Waals surface area contributed by atoms with Crippen LogP contribution in [-0.4, -0.2) is 27.1 Å². The Balaban J connectivity index is 1.95. The largest absolute Gasteiger partial charge is 0.480 e. The van der Waals surface area contributed by atoms with Crippen LogP contribution in [0.15, 0.2) is 30.3 Å². The number of aromatic nitrogens is 1. The number of benzene rings is 1. The number of amides is 1. The molecule has 1 aliphatic rings. The summed E-state index contributed by atoms with van der Waals surface area (Å²) in [6.45, 7) is 5.84. The molecule has 0 unspecified atom stereocenters. The number of carbonyl (C=O) groups excluding carboxylic acids is 1. The highest BCUT2D eigenvalue weighted by atomic mass is 16.4. The molecular weight excluding hydrogens is 292 g/mol. The fraction of sp³-hybridized carbons (Fsp3) is 0.333. The normalized spacial score (nSPS) is 15.3. The van der Waals surface area contributed by atoms with Crippen molar-refractivity contribution in [3.8, 4) is 5.69 Å². The molecule has 1 aliphatic carbocycles. The lowest BCUT2D eigenvalue weighted by Gasteiger charge is -2.13. The number of hydrogen-bond acceptors (Lipinski definition) is 2. The van der Waals surface area contributed by atoms with E-state index in [1.54, 1.807) is 0 Å². The molecule has 1 aromatic heterocycles. The first kappa shape index (κ1) is 15.3. The molecule has 5 heteroatoms. The monoisotopic (exact) mass is 312 g/mol. The summed E-state index contributed by atoms with van der Waals surface area (Å²) in [4.78, 5) is 23.7. The molecule has 0 spiro atoms. The van der Waals surface area contributed by atoms with Gasteiger partial charge in [-0.3, -0.25) is 4.79 Å². The van der Waals surface area contributed by atoms with E-state index in [2.05, 4.69) is 11.4 Å². The van der Waals surface area contributed by atoms with Gasteiger partial charge in [0.1, 0.15) is 5.54 Å². The summed E-state index contributed by atoms with van der Waals surface area (Å²) in [5, 5.41) is 11.9. The van der Waals surface area contributed by atoms with Gasteiger partial charge in [0.05, 0.1) is 5.56 Å². The van der Waals surface area contributed by atoms with E-state index in [0.717, 1.165) is 22.6 Å². The van der Waals surface area contributed by atoms with Gasteiger partial charge in [-0.05, 0) is 57.4 Å². The van der Waals surface area contributed by atoms with Crippen molar-refractivity contribution in [2.24, 2.45) is 0 Å². The first-order valence-electron chi connectivity index (χ1n) is 7.66. The van der Waals surface area contributed by atoms with E-state index in [1.807, 2.05) is 49.6 Å². The van der Waals surface area contributed by atoms with Crippen LogP contribution in [0.3, 0.4) is 0 Å². The van der Waals surface area contributed by atoms with Gasteiger partial charge in [-0.2, -0.15) is 0 Å². The number of carboxylic acids is 1. The minimum atomic E-state index is -1.07. The summed E-state index contributed by atoms with van der Waals surface area (Å²) in [5.41, 5.74) is 3.35. The Morgan fingerprint density at radius 3 is 2.43 bits per heavy atom. The van der Waals surface area contributed by atoms with Crippen LogP contribution in [0.4, 0.5) is 0 Å². The Morgan fingerprint density at radius 2 is 1.87 bits per heavy atom. The van der Waals surface area contributed by atoms with Crippen molar-refractivity contribution in [2.45, 2.75) is 39.2 Å². The van der Waals surface area contributed by atoms with E-state index < -0.39 is 11.5 Å². The zero-order valence-electron chi connectivity index (χ0n) is 13.5. The van der Waals surface area contributed by atoms with E-state index >= 15 is 0 Å². The molecule has 3 rings (SSSR count). The van der Waals surface area contributed by atoms with Gasteiger partial charge in [0.2, 0.25) is 0 Å². The maximum Gasteiger partial charge on any atom is 0.329 e. The molecule has 120 valence electrons. The number of nitrogens with one attached hydrogen (secondary N) is 1. The third kappa shape index (κ3) is 2.63. The zero-order chi connectivity index (χ0) is 16.8. The van der Waals surface area contributed by atoms with E-state index in [-0.39, 0.29) is 5.91 Å². The third-order valence-corrected chi connectivity index (χ3v) is 4.45. The van der Waals surface area contributed by atoms with Crippen LogP contribution in [0, 0.1) is 20.8 Å². The van der Waals surface area contributed by atoms with Gasteiger partial charge in [-0.15, -0.1) is 0 Å².